The quantitative estimate of drug-likeness (QED) is 0.575. The zero-order valence-corrected chi connectivity index (χ0v) is 15.2. The van der Waals surface area contributed by atoms with E-state index in [0.29, 0.717) is 12.4 Å². The summed E-state index contributed by atoms with van der Waals surface area (Å²) in [6.45, 7) is 16.3. The SMILES string of the molecule is C=CC(/C=C(\C)COc1cc(O)cc(C(=C)C)c1)=C(\C=C/C)CC. The van der Waals surface area contributed by atoms with Gasteiger partial charge in [0.1, 0.15) is 18.1 Å². The first-order valence-electron chi connectivity index (χ1n) is 8.19. The summed E-state index contributed by atoms with van der Waals surface area (Å²) in [7, 11) is 0. The highest BCUT2D eigenvalue weighted by Gasteiger charge is 2.03. The van der Waals surface area contributed by atoms with Crippen LogP contribution >= 0.6 is 0 Å². The van der Waals surface area contributed by atoms with Gasteiger partial charge >= 0.3 is 0 Å². The molecule has 0 heterocycles. The second kappa shape index (κ2) is 9.61. The number of rotatable bonds is 8. The van der Waals surface area contributed by atoms with Crippen molar-refractivity contribution in [2.75, 3.05) is 6.61 Å². The van der Waals surface area contributed by atoms with Crippen molar-refractivity contribution in [1.82, 2.24) is 0 Å². The summed E-state index contributed by atoms with van der Waals surface area (Å²) in [6.07, 6.45) is 9.05. The maximum atomic E-state index is 9.79. The predicted octanol–water partition coefficient (Wildman–Crippen LogP) is 6.22. The van der Waals surface area contributed by atoms with Gasteiger partial charge in [-0.3, -0.25) is 0 Å². The Morgan fingerprint density at radius 1 is 1.25 bits per heavy atom. The molecule has 2 heteroatoms. The van der Waals surface area contributed by atoms with Crippen molar-refractivity contribution >= 4 is 5.57 Å². The molecule has 0 aliphatic rings. The molecular weight excluding hydrogens is 296 g/mol. The minimum Gasteiger partial charge on any atom is -0.508 e. The zero-order chi connectivity index (χ0) is 18.1. The summed E-state index contributed by atoms with van der Waals surface area (Å²) in [5.74, 6) is 0.814. The van der Waals surface area contributed by atoms with Crippen LogP contribution in [0.15, 0.2) is 72.4 Å². The number of phenols is 1. The maximum absolute atomic E-state index is 9.79. The molecule has 0 radical (unpaired) electrons. The number of benzene rings is 1. The Balaban J connectivity index is 2.94. The fourth-order valence-corrected chi connectivity index (χ4v) is 2.32. The molecule has 1 aromatic carbocycles. The molecule has 2 nitrogen and oxygen atoms in total. The number of aromatic hydroxyl groups is 1. The van der Waals surface area contributed by atoms with E-state index < -0.39 is 0 Å². The molecule has 1 rings (SSSR count). The highest BCUT2D eigenvalue weighted by atomic mass is 16.5. The zero-order valence-electron chi connectivity index (χ0n) is 15.2. The first-order chi connectivity index (χ1) is 11.4. The van der Waals surface area contributed by atoms with Crippen LogP contribution in [0.3, 0.4) is 0 Å². The average molecular weight is 324 g/mol. The Kier molecular flexibility index (Phi) is 7.84. The molecule has 0 unspecified atom stereocenters. The molecule has 0 atom stereocenters. The highest BCUT2D eigenvalue weighted by Crippen LogP contribution is 2.26. The second-order valence-corrected chi connectivity index (χ2v) is 5.81. The third-order valence-electron chi connectivity index (χ3n) is 3.59. The Morgan fingerprint density at radius 2 is 1.96 bits per heavy atom. The van der Waals surface area contributed by atoms with Gasteiger partial charge in [0.05, 0.1) is 0 Å². The number of ether oxygens (including phenoxy) is 1. The summed E-state index contributed by atoms with van der Waals surface area (Å²) in [5.41, 5.74) is 5.20. The van der Waals surface area contributed by atoms with Crippen LogP contribution in [-0.4, -0.2) is 11.7 Å². The Morgan fingerprint density at radius 3 is 2.50 bits per heavy atom. The van der Waals surface area contributed by atoms with E-state index in [4.69, 9.17) is 4.74 Å². The molecular formula is C22H28O2. The van der Waals surface area contributed by atoms with Crippen LogP contribution in [0, 0.1) is 0 Å². The van der Waals surface area contributed by atoms with Crippen molar-refractivity contribution < 1.29 is 9.84 Å². The predicted molar refractivity (Wildman–Crippen MR) is 104 cm³/mol. The van der Waals surface area contributed by atoms with E-state index in [1.807, 2.05) is 39.0 Å². The number of hydrogen-bond donors (Lipinski definition) is 1. The van der Waals surface area contributed by atoms with Gasteiger partial charge in [-0.25, -0.2) is 0 Å². The van der Waals surface area contributed by atoms with Gasteiger partial charge in [0, 0.05) is 6.07 Å². The molecule has 128 valence electrons. The topological polar surface area (TPSA) is 29.5 Å². The van der Waals surface area contributed by atoms with Crippen molar-refractivity contribution in [2.45, 2.75) is 34.1 Å². The van der Waals surface area contributed by atoms with Crippen LogP contribution in [0.4, 0.5) is 0 Å². The second-order valence-electron chi connectivity index (χ2n) is 5.81. The standard InChI is InChI=1S/C22H28O2/c1-7-10-18(8-2)19(9-3)11-17(6)15-24-22-13-20(16(4)5)12-21(23)14-22/h7,9-14,23H,3-4,8,15H2,1-2,5-6H3/b10-7-,17-11+,19-18+. The van der Waals surface area contributed by atoms with Crippen molar-refractivity contribution in [2.24, 2.45) is 0 Å². The molecule has 0 saturated heterocycles. The molecule has 1 aromatic rings. The van der Waals surface area contributed by atoms with Gasteiger partial charge in [-0.2, -0.15) is 0 Å². The average Bonchev–Trinajstić information content (AvgIpc) is 2.55. The van der Waals surface area contributed by atoms with Crippen molar-refractivity contribution in [3.8, 4) is 11.5 Å². The maximum Gasteiger partial charge on any atom is 0.124 e. The summed E-state index contributed by atoms with van der Waals surface area (Å²) < 4.78 is 5.81. The van der Waals surface area contributed by atoms with Gasteiger partial charge in [-0.15, -0.1) is 0 Å². The number of phenolic OH excluding ortho intramolecular Hbond substituents is 1. The molecule has 0 amide bonds. The summed E-state index contributed by atoms with van der Waals surface area (Å²) in [4.78, 5) is 0. The van der Waals surface area contributed by atoms with Gasteiger partial charge in [0.2, 0.25) is 0 Å². The van der Waals surface area contributed by atoms with Crippen LogP contribution in [-0.2, 0) is 0 Å². The Hall–Kier alpha value is -2.48. The van der Waals surface area contributed by atoms with Crippen LogP contribution in [0.1, 0.15) is 39.7 Å². The van der Waals surface area contributed by atoms with E-state index in [1.54, 1.807) is 12.1 Å². The molecule has 0 bridgehead atoms. The normalized spacial score (nSPS) is 12.9. The Bertz CT molecular complexity index is 688. The van der Waals surface area contributed by atoms with E-state index in [9.17, 15) is 5.11 Å². The lowest BCUT2D eigenvalue weighted by Gasteiger charge is -2.10. The van der Waals surface area contributed by atoms with Crippen LogP contribution in [0.5, 0.6) is 11.5 Å². The molecule has 0 saturated carbocycles. The van der Waals surface area contributed by atoms with Crippen molar-refractivity contribution in [3.05, 3.63) is 77.9 Å². The fourth-order valence-electron chi connectivity index (χ4n) is 2.32. The van der Waals surface area contributed by atoms with Crippen molar-refractivity contribution in [3.63, 3.8) is 0 Å². The number of allylic oxidation sites excluding steroid dienone is 7. The summed E-state index contributed by atoms with van der Waals surface area (Å²) in [5, 5.41) is 9.79. The van der Waals surface area contributed by atoms with E-state index in [-0.39, 0.29) is 5.75 Å². The largest absolute Gasteiger partial charge is 0.508 e. The van der Waals surface area contributed by atoms with E-state index in [2.05, 4.69) is 32.2 Å². The third-order valence-corrected chi connectivity index (χ3v) is 3.59. The van der Waals surface area contributed by atoms with Crippen LogP contribution in [0.2, 0.25) is 0 Å². The summed E-state index contributed by atoms with van der Waals surface area (Å²) in [6, 6.07) is 5.18. The summed E-state index contributed by atoms with van der Waals surface area (Å²) >= 11 is 0. The smallest absolute Gasteiger partial charge is 0.124 e. The first kappa shape index (κ1) is 19.6. The van der Waals surface area contributed by atoms with Crippen LogP contribution in [0.25, 0.3) is 5.57 Å². The lowest BCUT2D eigenvalue weighted by Crippen LogP contribution is -2.00. The molecule has 0 fully saturated rings. The van der Waals surface area contributed by atoms with E-state index in [0.717, 1.165) is 28.7 Å². The van der Waals surface area contributed by atoms with Gasteiger partial charge in [0.15, 0.2) is 0 Å². The fraction of sp³-hybridized carbons (Fsp3) is 0.273. The molecule has 1 N–H and O–H groups in total. The van der Waals surface area contributed by atoms with Gasteiger partial charge in [-0.1, -0.05) is 50.0 Å². The Labute approximate surface area is 146 Å². The first-order valence-corrected chi connectivity index (χ1v) is 8.19. The minimum atomic E-state index is 0.181. The third kappa shape index (κ3) is 5.96. The molecule has 0 aromatic heterocycles. The van der Waals surface area contributed by atoms with Gasteiger partial charge in [-0.05, 0) is 61.6 Å². The van der Waals surface area contributed by atoms with Gasteiger partial charge < -0.3 is 9.84 Å². The minimum absolute atomic E-state index is 0.181. The van der Waals surface area contributed by atoms with Gasteiger partial charge in [0.25, 0.3) is 0 Å². The lowest BCUT2D eigenvalue weighted by molar-refractivity contribution is 0.349. The molecule has 0 aliphatic heterocycles. The highest BCUT2D eigenvalue weighted by molar-refractivity contribution is 5.64. The van der Waals surface area contributed by atoms with E-state index in [1.165, 1.54) is 5.57 Å². The lowest BCUT2D eigenvalue weighted by atomic mass is 10.0. The molecule has 0 aliphatic carbocycles. The monoisotopic (exact) mass is 324 g/mol. The van der Waals surface area contributed by atoms with E-state index >= 15 is 0 Å². The molecule has 24 heavy (non-hydrogen) atoms. The van der Waals surface area contributed by atoms with Crippen molar-refractivity contribution in [1.29, 1.82) is 0 Å². The molecule has 0 spiro atoms. The van der Waals surface area contributed by atoms with Crippen LogP contribution < -0.4 is 4.74 Å². The number of hydrogen-bond acceptors (Lipinski definition) is 2.